The van der Waals surface area contributed by atoms with Crippen LogP contribution in [0.15, 0.2) is 0 Å². The molecule has 2 fully saturated rings. The average Bonchev–Trinajstić information content (AvgIpc) is 2.53. The second-order valence-corrected chi connectivity index (χ2v) is 5.55. The van der Waals surface area contributed by atoms with Crippen molar-refractivity contribution >= 4 is 5.91 Å². The number of fused-ring (bicyclic) bond motifs is 2. The first kappa shape index (κ1) is 12.8. The molecule has 2 rings (SSSR count). The minimum absolute atomic E-state index is 0.0535. The Hall–Kier alpha value is -0.680. The third-order valence-electron chi connectivity index (χ3n) is 4.20. The van der Waals surface area contributed by atoms with Crippen molar-refractivity contribution in [3.63, 3.8) is 0 Å². The van der Waals surface area contributed by atoms with Crippen molar-refractivity contribution in [2.24, 2.45) is 0 Å². The Kier molecular flexibility index (Phi) is 3.41. The van der Waals surface area contributed by atoms with Gasteiger partial charge in [-0.25, -0.2) is 4.39 Å². The summed E-state index contributed by atoms with van der Waals surface area (Å²) < 4.78 is 13.6. The van der Waals surface area contributed by atoms with E-state index in [9.17, 15) is 9.18 Å². The van der Waals surface area contributed by atoms with Crippen LogP contribution in [0.5, 0.6) is 0 Å². The lowest BCUT2D eigenvalue weighted by molar-refractivity contribution is -0.135. The van der Waals surface area contributed by atoms with Crippen molar-refractivity contribution < 1.29 is 14.3 Å². The van der Waals surface area contributed by atoms with Gasteiger partial charge in [-0.2, -0.15) is 0 Å². The number of halogens is 1. The Morgan fingerprint density at radius 3 is 2.47 bits per heavy atom. The highest BCUT2D eigenvalue weighted by Gasteiger charge is 2.41. The Bertz CT molecular complexity index is 295. The molecule has 0 aliphatic carbocycles. The summed E-state index contributed by atoms with van der Waals surface area (Å²) in [5.74, 6) is -0.686. The quantitative estimate of drug-likeness (QED) is 0.758. The number of alkyl halides is 1. The van der Waals surface area contributed by atoms with Gasteiger partial charge in [-0.05, 0) is 39.7 Å². The summed E-state index contributed by atoms with van der Waals surface area (Å²) in [5.41, 5.74) is -2.16. The van der Waals surface area contributed by atoms with Gasteiger partial charge in [0, 0.05) is 18.1 Å². The topological polar surface area (TPSA) is 52.6 Å². The molecule has 0 aromatic carbocycles. The molecule has 3 unspecified atom stereocenters. The average molecular weight is 244 g/mol. The van der Waals surface area contributed by atoms with Crippen molar-refractivity contribution in [2.45, 2.75) is 56.4 Å². The van der Waals surface area contributed by atoms with E-state index in [2.05, 4.69) is 17.3 Å². The van der Waals surface area contributed by atoms with E-state index in [1.807, 2.05) is 0 Å². The van der Waals surface area contributed by atoms with E-state index in [0.717, 1.165) is 19.8 Å². The normalized spacial score (nSPS) is 36.6. The van der Waals surface area contributed by atoms with E-state index in [-0.39, 0.29) is 6.04 Å². The van der Waals surface area contributed by atoms with Gasteiger partial charge < -0.3 is 15.3 Å². The summed E-state index contributed by atoms with van der Waals surface area (Å²) >= 11 is 0. The third-order valence-corrected chi connectivity index (χ3v) is 4.20. The number of nitrogens with one attached hydrogen (secondary N) is 1. The molecule has 2 aliphatic heterocycles. The Balaban J connectivity index is 1.92. The predicted molar refractivity (Wildman–Crippen MR) is 62.3 cm³/mol. The van der Waals surface area contributed by atoms with Crippen LogP contribution in [0.2, 0.25) is 0 Å². The van der Waals surface area contributed by atoms with Gasteiger partial charge >= 0.3 is 0 Å². The minimum Gasteiger partial charge on any atom is -0.392 e. The number of rotatable bonds is 3. The first-order valence-electron chi connectivity index (χ1n) is 6.26. The highest BCUT2D eigenvalue weighted by Crippen LogP contribution is 2.34. The van der Waals surface area contributed by atoms with Gasteiger partial charge in [0.15, 0.2) is 0 Å². The van der Waals surface area contributed by atoms with E-state index in [1.165, 1.54) is 12.8 Å². The standard InChI is InChI=1S/C12H21FN2O2/c1-12(13,7-16)11(17)14-8-5-9-3-4-10(6-8)15(9)2/h8-10,16H,3-7H2,1-2H3,(H,14,17). The molecule has 2 aliphatic rings. The van der Waals surface area contributed by atoms with Gasteiger partial charge in [0.25, 0.3) is 5.91 Å². The van der Waals surface area contributed by atoms with Crippen LogP contribution in [0.4, 0.5) is 4.39 Å². The number of aliphatic hydroxyl groups is 1. The maximum atomic E-state index is 13.6. The lowest BCUT2D eigenvalue weighted by Gasteiger charge is -2.37. The van der Waals surface area contributed by atoms with Crippen molar-refractivity contribution in [3.8, 4) is 0 Å². The van der Waals surface area contributed by atoms with Gasteiger partial charge in [-0.1, -0.05) is 0 Å². The molecule has 1 amide bonds. The van der Waals surface area contributed by atoms with Crippen LogP contribution in [-0.4, -0.2) is 53.4 Å². The van der Waals surface area contributed by atoms with Crippen LogP contribution in [0.3, 0.4) is 0 Å². The van der Waals surface area contributed by atoms with Crippen molar-refractivity contribution in [1.29, 1.82) is 0 Å². The van der Waals surface area contributed by atoms with Crippen LogP contribution >= 0.6 is 0 Å². The lowest BCUT2D eigenvalue weighted by Crippen LogP contribution is -2.53. The van der Waals surface area contributed by atoms with Crippen LogP contribution in [0.25, 0.3) is 0 Å². The van der Waals surface area contributed by atoms with E-state index in [0.29, 0.717) is 12.1 Å². The summed E-state index contributed by atoms with van der Waals surface area (Å²) in [6.07, 6.45) is 4.11. The number of carbonyl (C=O) groups is 1. The van der Waals surface area contributed by atoms with Crippen LogP contribution in [0.1, 0.15) is 32.6 Å². The molecule has 98 valence electrons. The number of carbonyl (C=O) groups excluding carboxylic acids is 1. The molecule has 3 atom stereocenters. The summed E-state index contributed by atoms with van der Waals surface area (Å²) in [6, 6.07) is 1.08. The molecule has 2 heterocycles. The van der Waals surface area contributed by atoms with Crippen molar-refractivity contribution in [3.05, 3.63) is 0 Å². The SMILES string of the molecule is CN1C2CCC1CC(NC(=O)C(C)(F)CO)C2. The zero-order chi connectivity index (χ0) is 12.6. The summed E-state index contributed by atoms with van der Waals surface area (Å²) in [7, 11) is 2.12. The number of nitrogens with zero attached hydrogens (tertiary/aromatic N) is 1. The molecule has 5 heteroatoms. The molecular weight excluding hydrogens is 223 g/mol. The van der Waals surface area contributed by atoms with E-state index in [4.69, 9.17) is 5.11 Å². The van der Waals surface area contributed by atoms with Gasteiger partial charge in [-0.15, -0.1) is 0 Å². The second kappa shape index (κ2) is 4.53. The Morgan fingerprint density at radius 1 is 1.47 bits per heavy atom. The smallest absolute Gasteiger partial charge is 0.260 e. The van der Waals surface area contributed by atoms with Crippen molar-refractivity contribution in [1.82, 2.24) is 10.2 Å². The fraction of sp³-hybridized carbons (Fsp3) is 0.917. The number of aliphatic hydroxyl groups excluding tert-OH is 1. The van der Waals surface area contributed by atoms with Crippen LogP contribution < -0.4 is 5.32 Å². The van der Waals surface area contributed by atoms with Gasteiger partial charge in [0.1, 0.15) is 0 Å². The molecule has 2 saturated heterocycles. The summed E-state index contributed by atoms with van der Waals surface area (Å²) in [5, 5.41) is 11.5. The molecule has 2 bridgehead atoms. The number of hydrogen-bond acceptors (Lipinski definition) is 3. The lowest BCUT2D eigenvalue weighted by atomic mass is 9.97. The van der Waals surface area contributed by atoms with Gasteiger partial charge in [-0.3, -0.25) is 4.79 Å². The Labute approximate surface area is 101 Å². The summed E-state index contributed by atoms with van der Waals surface area (Å²) in [6.45, 7) is 0.351. The minimum atomic E-state index is -2.16. The first-order chi connectivity index (χ1) is 7.94. The Morgan fingerprint density at radius 2 is 2.00 bits per heavy atom. The predicted octanol–water partition coefficient (Wildman–Crippen LogP) is 0.448. The summed E-state index contributed by atoms with van der Waals surface area (Å²) in [4.78, 5) is 14.0. The molecule has 0 saturated carbocycles. The zero-order valence-corrected chi connectivity index (χ0v) is 10.4. The monoisotopic (exact) mass is 244 g/mol. The number of piperidine rings is 1. The highest BCUT2D eigenvalue weighted by molar-refractivity contribution is 5.85. The van der Waals surface area contributed by atoms with Crippen LogP contribution in [-0.2, 0) is 4.79 Å². The maximum Gasteiger partial charge on any atom is 0.260 e. The largest absolute Gasteiger partial charge is 0.392 e. The van der Waals surface area contributed by atoms with E-state index < -0.39 is 18.2 Å². The highest BCUT2D eigenvalue weighted by atomic mass is 19.1. The van der Waals surface area contributed by atoms with Gasteiger partial charge in [0.2, 0.25) is 5.67 Å². The van der Waals surface area contributed by atoms with E-state index in [1.54, 1.807) is 0 Å². The second-order valence-electron chi connectivity index (χ2n) is 5.55. The molecule has 4 nitrogen and oxygen atoms in total. The molecule has 0 aromatic heterocycles. The first-order valence-corrected chi connectivity index (χ1v) is 6.26. The number of amides is 1. The molecule has 17 heavy (non-hydrogen) atoms. The fourth-order valence-corrected chi connectivity index (χ4v) is 2.94. The van der Waals surface area contributed by atoms with Gasteiger partial charge in [0.05, 0.1) is 6.61 Å². The third kappa shape index (κ3) is 2.45. The van der Waals surface area contributed by atoms with Crippen molar-refractivity contribution in [2.75, 3.05) is 13.7 Å². The zero-order valence-electron chi connectivity index (χ0n) is 10.4. The molecule has 0 spiro atoms. The molecular formula is C12H21FN2O2. The van der Waals surface area contributed by atoms with E-state index >= 15 is 0 Å². The van der Waals surface area contributed by atoms with Crippen LogP contribution in [0, 0.1) is 0 Å². The molecule has 0 radical (unpaired) electrons. The fourth-order valence-electron chi connectivity index (χ4n) is 2.94. The molecule has 0 aromatic rings. The maximum absolute atomic E-state index is 13.6. The molecule has 2 N–H and O–H groups in total. The number of hydrogen-bond donors (Lipinski definition) is 2.